The van der Waals surface area contributed by atoms with E-state index < -0.39 is 0 Å². The highest BCUT2D eigenvalue weighted by atomic mass is 16.2. The lowest BCUT2D eigenvalue weighted by atomic mass is 9.95. The highest BCUT2D eigenvalue weighted by Gasteiger charge is 2.23. The molecule has 3 N–H and O–H groups in total. The lowest BCUT2D eigenvalue weighted by molar-refractivity contribution is 0.0928. The molecule has 176 valence electrons. The molecule has 6 heteroatoms. The van der Waals surface area contributed by atoms with Gasteiger partial charge in [-0.25, -0.2) is 4.79 Å². The van der Waals surface area contributed by atoms with Crippen molar-refractivity contribution in [1.82, 2.24) is 5.32 Å². The minimum atomic E-state index is -0.320. The quantitative estimate of drug-likeness (QED) is 0.499. The van der Waals surface area contributed by atoms with Gasteiger partial charge in [-0.15, -0.1) is 0 Å². The first-order chi connectivity index (χ1) is 16.0. The van der Waals surface area contributed by atoms with Crippen molar-refractivity contribution < 1.29 is 9.59 Å². The van der Waals surface area contributed by atoms with Crippen LogP contribution in [-0.2, 0) is 0 Å². The van der Waals surface area contributed by atoms with Crippen molar-refractivity contribution in [3.63, 3.8) is 0 Å². The minimum Gasteiger partial charge on any atom is -0.371 e. The fraction of sp³-hybridized carbons (Fsp3) is 0.481. The molecule has 0 aromatic heterocycles. The minimum absolute atomic E-state index is 0.0443. The third kappa shape index (κ3) is 6.06. The molecular formula is C27H36N4O2. The number of hydrogen-bond donors (Lipinski definition) is 3. The Labute approximate surface area is 197 Å². The molecule has 1 heterocycles. The van der Waals surface area contributed by atoms with Gasteiger partial charge in [0.05, 0.1) is 5.56 Å². The predicted octanol–water partition coefficient (Wildman–Crippen LogP) is 6.12. The van der Waals surface area contributed by atoms with Crippen LogP contribution in [0.3, 0.4) is 0 Å². The summed E-state index contributed by atoms with van der Waals surface area (Å²) in [6, 6.07) is 13.5. The van der Waals surface area contributed by atoms with Crippen LogP contribution >= 0.6 is 0 Å². The average molecular weight is 449 g/mol. The summed E-state index contributed by atoms with van der Waals surface area (Å²) >= 11 is 0. The largest absolute Gasteiger partial charge is 0.371 e. The SMILES string of the molecule is CC(C)c1ccc(NC(=O)Nc2ccc(N3CCCC3)c(C(=O)NC3CCCCC3)c2)cc1. The number of amides is 3. The Morgan fingerprint density at radius 1 is 0.848 bits per heavy atom. The smallest absolute Gasteiger partial charge is 0.323 e. The van der Waals surface area contributed by atoms with Gasteiger partial charge in [-0.1, -0.05) is 45.2 Å². The van der Waals surface area contributed by atoms with Crippen LogP contribution in [0.15, 0.2) is 42.5 Å². The van der Waals surface area contributed by atoms with Crippen LogP contribution in [0.1, 0.15) is 80.6 Å². The summed E-state index contributed by atoms with van der Waals surface area (Å²) < 4.78 is 0. The highest BCUT2D eigenvalue weighted by Crippen LogP contribution is 2.28. The number of anilines is 3. The number of nitrogens with zero attached hydrogens (tertiary/aromatic N) is 1. The van der Waals surface area contributed by atoms with Gasteiger partial charge in [-0.2, -0.15) is 0 Å². The van der Waals surface area contributed by atoms with Crippen LogP contribution in [0.4, 0.5) is 21.9 Å². The molecule has 2 aliphatic rings. The Kier molecular flexibility index (Phi) is 7.53. The molecule has 2 aromatic rings. The van der Waals surface area contributed by atoms with Gasteiger partial charge in [0.15, 0.2) is 0 Å². The molecule has 0 unspecified atom stereocenters. The molecule has 6 nitrogen and oxygen atoms in total. The number of carbonyl (C=O) groups is 2. The Morgan fingerprint density at radius 3 is 2.15 bits per heavy atom. The lowest BCUT2D eigenvalue weighted by Crippen LogP contribution is -2.37. The first-order valence-corrected chi connectivity index (χ1v) is 12.4. The standard InChI is InChI=1S/C27H36N4O2/c1-19(2)20-10-12-22(13-11-20)29-27(33)30-23-14-15-25(31-16-6-7-17-31)24(18-23)26(32)28-21-8-4-3-5-9-21/h10-15,18-19,21H,3-9,16-17H2,1-2H3,(H,28,32)(H2,29,30,33). The molecule has 4 rings (SSSR count). The monoisotopic (exact) mass is 448 g/mol. The molecule has 1 aliphatic heterocycles. The Bertz CT molecular complexity index is 959. The summed E-state index contributed by atoms with van der Waals surface area (Å²) in [5.74, 6) is 0.400. The van der Waals surface area contributed by atoms with E-state index >= 15 is 0 Å². The molecule has 0 atom stereocenters. The molecular weight excluding hydrogens is 412 g/mol. The second kappa shape index (κ2) is 10.7. The molecule has 1 saturated carbocycles. The van der Waals surface area contributed by atoms with Crippen LogP contribution in [-0.4, -0.2) is 31.1 Å². The van der Waals surface area contributed by atoms with Crippen molar-refractivity contribution in [1.29, 1.82) is 0 Å². The van der Waals surface area contributed by atoms with Crippen molar-refractivity contribution in [2.24, 2.45) is 0 Å². The first kappa shape index (κ1) is 23.1. The van der Waals surface area contributed by atoms with Gasteiger partial charge < -0.3 is 20.9 Å². The Hall–Kier alpha value is -3.02. The van der Waals surface area contributed by atoms with Crippen LogP contribution in [0, 0.1) is 0 Å². The Morgan fingerprint density at radius 2 is 1.48 bits per heavy atom. The molecule has 1 aliphatic carbocycles. The van der Waals surface area contributed by atoms with E-state index in [1.807, 2.05) is 42.5 Å². The van der Waals surface area contributed by atoms with Gasteiger partial charge in [0.2, 0.25) is 0 Å². The summed E-state index contributed by atoms with van der Waals surface area (Å²) in [5, 5.41) is 9.02. The molecule has 0 radical (unpaired) electrons. The van der Waals surface area contributed by atoms with Gasteiger partial charge in [-0.05, 0) is 67.5 Å². The topological polar surface area (TPSA) is 73.5 Å². The Balaban J connectivity index is 1.47. The second-order valence-electron chi connectivity index (χ2n) is 9.59. The van der Waals surface area contributed by atoms with E-state index in [2.05, 4.69) is 34.7 Å². The van der Waals surface area contributed by atoms with Gasteiger partial charge in [0, 0.05) is 36.2 Å². The van der Waals surface area contributed by atoms with Crippen molar-refractivity contribution >= 4 is 29.0 Å². The third-order valence-corrected chi connectivity index (χ3v) is 6.72. The molecule has 2 fully saturated rings. The maximum absolute atomic E-state index is 13.2. The van der Waals surface area contributed by atoms with E-state index in [-0.39, 0.29) is 18.0 Å². The van der Waals surface area contributed by atoms with Gasteiger partial charge >= 0.3 is 6.03 Å². The predicted molar refractivity (Wildman–Crippen MR) is 135 cm³/mol. The molecule has 3 amide bonds. The van der Waals surface area contributed by atoms with Crippen molar-refractivity contribution in [2.45, 2.75) is 70.8 Å². The summed E-state index contributed by atoms with van der Waals surface area (Å²) in [6.45, 7) is 6.21. The maximum atomic E-state index is 13.2. The summed E-state index contributed by atoms with van der Waals surface area (Å²) in [4.78, 5) is 28.1. The van der Waals surface area contributed by atoms with Crippen molar-refractivity contribution in [3.8, 4) is 0 Å². The summed E-state index contributed by atoms with van der Waals surface area (Å²) in [7, 11) is 0. The normalized spacial score (nSPS) is 16.6. The van der Waals surface area contributed by atoms with Crippen LogP contribution in [0.25, 0.3) is 0 Å². The number of hydrogen-bond acceptors (Lipinski definition) is 3. The number of urea groups is 1. The fourth-order valence-corrected chi connectivity index (χ4v) is 4.78. The zero-order chi connectivity index (χ0) is 23.2. The fourth-order valence-electron chi connectivity index (χ4n) is 4.78. The number of benzene rings is 2. The zero-order valence-corrected chi connectivity index (χ0v) is 19.8. The maximum Gasteiger partial charge on any atom is 0.323 e. The van der Waals surface area contributed by atoms with E-state index in [0.29, 0.717) is 17.2 Å². The molecule has 33 heavy (non-hydrogen) atoms. The molecule has 1 saturated heterocycles. The van der Waals surface area contributed by atoms with Crippen molar-refractivity contribution in [3.05, 3.63) is 53.6 Å². The van der Waals surface area contributed by atoms with Gasteiger partial charge in [-0.3, -0.25) is 4.79 Å². The number of nitrogens with one attached hydrogen (secondary N) is 3. The molecule has 2 aromatic carbocycles. The van der Waals surface area contributed by atoms with Gasteiger partial charge in [0.1, 0.15) is 0 Å². The van der Waals surface area contributed by atoms with E-state index in [4.69, 9.17) is 0 Å². The summed E-state index contributed by atoms with van der Waals surface area (Å²) in [6.07, 6.45) is 7.96. The van der Waals surface area contributed by atoms with Crippen molar-refractivity contribution in [2.75, 3.05) is 28.6 Å². The van der Waals surface area contributed by atoms with E-state index in [9.17, 15) is 9.59 Å². The van der Waals surface area contributed by atoms with E-state index in [1.165, 1.54) is 24.8 Å². The van der Waals surface area contributed by atoms with Crippen LogP contribution in [0.2, 0.25) is 0 Å². The molecule has 0 bridgehead atoms. The highest BCUT2D eigenvalue weighted by molar-refractivity contribution is 6.04. The average Bonchev–Trinajstić information content (AvgIpc) is 3.35. The lowest BCUT2D eigenvalue weighted by Gasteiger charge is -2.25. The third-order valence-electron chi connectivity index (χ3n) is 6.72. The number of carbonyl (C=O) groups excluding carboxylic acids is 2. The first-order valence-electron chi connectivity index (χ1n) is 12.4. The van der Waals surface area contributed by atoms with E-state index in [0.717, 1.165) is 50.1 Å². The number of rotatable bonds is 6. The molecule has 0 spiro atoms. The van der Waals surface area contributed by atoms with Crippen LogP contribution < -0.4 is 20.9 Å². The van der Waals surface area contributed by atoms with Crippen LogP contribution in [0.5, 0.6) is 0 Å². The van der Waals surface area contributed by atoms with E-state index in [1.54, 1.807) is 0 Å². The summed E-state index contributed by atoms with van der Waals surface area (Å²) in [5.41, 5.74) is 4.17. The van der Waals surface area contributed by atoms with Gasteiger partial charge in [0.25, 0.3) is 5.91 Å². The zero-order valence-electron chi connectivity index (χ0n) is 19.8. The second-order valence-corrected chi connectivity index (χ2v) is 9.59.